The van der Waals surface area contributed by atoms with Crippen molar-refractivity contribution >= 4 is 16.7 Å². The van der Waals surface area contributed by atoms with Crippen LogP contribution in [0.25, 0.3) is 10.8 Å². The van der Waals surface area contributed by atoms with Crippen molar-refractivity contribution in [1.82, 2.24) is 0 Å². The highest BCUT2D eigenvalue weighted by molar-refractivity contribution is 5.89. The number of carbonyl (C=O) groups is 1. The van der Waals surface area contributed by atoms with Crippen molar-refractivity contribution in [2.75, 3.05) is 0 Å². The molecule has 1 N–H and O–H groups in total. The predicted molar refractivity (Wildman–Crippen MR) is 76.9 cm³/mol. The van der Waals surface area contributed by atoms with Gasteiger partial charge in [0.1, 0.15) is 0 Å². The molecule has 0 bridgehead atoms. The van der Waals surface area contributed by atoms with Crippen LogP contribution in [0.5, 0.6) is 0 Å². The van der Waals surface area contributed by atoms with Crippen molar-refractivity contribution in [1.29, 1.82) is 0 Å². The first-order chi connectivity index (χ1) is 9.14. The van der Waals surface area contributed by atoms with Crippen molar-refractivity contribution in [2.45, 2.75) is 11.8 Å². The Balaban J connectivity index is 2.66. The maximum absolute atomic E-state index is 11.6. The molecule has 94 valence electrons. The van der Waals surface area contributed by atoms with Crippen LogP contribution in [0.1, 0.15) is 12.0 Å². The molecule has 1 unspecified atom stereocenters. The van der Waals surface area contributed by atoms with E-state index >= 15 is 0 Å². The summed E-state index contributed by atoms with van der Waals surface area (Å²) in [5.41, 5.74) is -0.729. The molecule has 0 aliphatic rings. The van der Waals surface area contributed by atoms with E-state index in [4.69, 9.17) is 6.42 Å². The van der Waals surface area contributed by atoms with Crippen molar-refractivity contribution in [3.63, 3.8) is 0 Å². The molecule has 0 amide bonds. The molecule has 0 heterocycles. The Labute approximate surface area is 112 Å². The standard InChI is InChI=1S/C17H14O2/c1-3-11-17(4-2,16(18)19)15-10-9-13-7-5-6-8-14(13)12-15/h2-3,5-10,12H,1,11H2,(H,18,19). The number of terminal acetylenes is 1. The first kappa shape index (κ1) is 12.9. The molecule has 2 rings (SSSR count). The molecule has 0 aromatic heterocycles. The van der Waals surface area contributed by atoms with Crippen LogP contribution >= 0.6 is 0 Å². The lowest BCUT2D eigenvalue weighted by Crippen LogP contribution is -2.33. The molecule has 2 aromatic rings. The summed E-state index contributed by atoms with van der Waals surface area (Å²) in [6.07, 6.45) is 7.24. The molecule has 2 heteroatoms. The molecule has 19 heavy (non-hydrogen) atoms. The van der Waals surface area contributed by atoms with E-state index in [0.29, 0.717) is 5.56 Å². The topological polar surface area (TPSA) is 37.3 Å². The van der Waals surface area contributed by atoms with E-state index in [1.165, 1.54) is 0 Å². The fourth-order valence-corrected chi connectivity index (χ4v) is 2.20. The smallest absolute Gasteiger partial charge is 0.326 e. The molecule has 0 saturated carbocycles. The number of fused-ring (bicyclic) bond motifs is 1. The van der Waals surface area contributed by atoms with E-state index in [1.54, 1.807) is 12.1 Å². The number of benzene rings is 2. The molecular weight excluding hydrogens is 236 g/mol. The number of aliphatic carboxylic acids is 1. The van der Waals surface area contributed by atoms with Gasteiger partial charge in [-0.2, -0.15) is 0 Å². The molecule has 0 aliphatic carbocycles. The van der Waals surface area contributed by atoms with Crippen LogP contribution in [0.3, 0.4) is 0 Å². The van der Waals surface area contributed by atoms with Gasteiger partial charge in [-0.05, 0) is 28.8 Å². The van der Waals surface area contributed by atoms with Gasteiger partial charge in [0, 0.05) is 0 Å². The summed E-state index contributed by atoms with van der Waals surface area (Å²) in [5.74, 6) is 1.40. The van der Waals surface area contributed by atoms with Gasteiger partial charge < -0.3 is 5.11 Å². The number of carboxylic acid groups (broad SMARTS) is 1. The summed E-state index contributed by atoms with van der Waals surface area (Å²) in [5, 5.41) is 11.5. The first-order valence-electron chi connectivity index (χ1n) is 5.95. The van der Waals surface area contributed by atoms with Crippen LogP contribution in [0.15, 0.2) is 55.1 Å². The van der Waals surface area contributed by atoms with Crippen LogP contribution in [0, 0.1) is 12.3 Å². The molecule has 1 atom stereocenters. The second kappa shape index (κ2) is 4.99. The third-order valence-electron chi connectivity index (χ3n) is 3.30. The summed E-state index contributed by atoms with van der Waals surface area (Å²) in [6.45, 7) is 3.60. The summed E-state index contributed by atoms with van der Waals surface area (Å²) < 4.78 is 0. The first-order valence-corrected chi connectivity index (χ1v) is 5.95. The van der Waals surface area contributed by atoms with Crippen LogP contribution in [0.2, 0.25) is 0 Å². The van der Waals surface area contributed by atoms with E-state index in [9.17, 15) is 9.90 Å². The second-order valence-electron chi connectivity index (χ2n) is 4.41. The van der Waals surface area contributed by atoms with Crippen molar-refractivity contribution in [3.8, 4) is 12.3 Å². The summed E-state index contributed by atoms with van der Waals surface area (Å²) in [4.78, 5) is 11.6. The largest absolute Gasteiger partial charge is 0.480 e. The Bertz CT molecular complexity index is 679. The molecule has 0 spiro atoms. The predicted octanol–water partition coefficient (Wildman–Crippen LogP) is 3.37. The van der Waals surface area contributed by atoms with E-state index in [2.05, 4.69) is 12.5 Å². The van der Waals surface area contributed by atoms with Gasteiger partial charge in [0.2, 0.25) is 0 Å². The van der Waals surface area contributed by atoms with Crippen molar-refractivity contribution in [2.24, 2.45) is 0 Å². The van der Waals surface area contributed by atoms with Crippen LogP contribution in [0.4, 0.5) is 0 Å². The van der Waals surface area contributed by atoms with Gasteiger partial charge in [0.05, 0.1) is 0 Å². The monoisotopic (exact) mass is 250 g/mol. The lowest BCUT2D eigenvalue weighted by Gasteiger charge is -2.23. The Hall–Kier alpha value is -2.53. The molecule has 0 radical (unpaired) electrons. The SMILES string of the molecule is C#CC(CC=C)(C(=O)O)c1ccc2ccccc2c1. The number of hydrogen-bond acceptors (Lipinski definition) is 1. The van der Waals surface area contributed by atoms with Gasteiger partial charge in [0.25, 0.3) is 0 Å². The minimum Gasteiger partial charge on any atom is -0.480 e. The second-order valence-corrected chi connectivity index (χ2v) is 4.41. The summed E-state index contributed by atoms with van der Waals surface area (Å²) in [6, 6.07) is 13.3. The summed E-state index contributed by atoms with van der Waals surface area (Å²) >= 11 is 0. The number of carboxylic acids is 1. The lowest BCUT2D eigenvalue weighted by atomic mass is 9.78. The fourth-order valence-electron chi connectivity index (χ4n) is 2.20. The lowest BCUT2D eigenvalue weighted by molar-refractivity contribution is -0.141. The zero-order valence-electron chi connectivity index (χ0n) is 10.5. The maximum atomic E-state index is 11.6. The quantitative estimate of drug-likeness (QED) is 0.667. The third-order valence-corrected chi connectivity index (χ3v) is 3.30. The molecule has 0 saturated heterocycles. The normalized spacial score (nSPS) is 13.4. The molecule has 0 fully saturated rings. The van der Waals surface area contributed by atoms with E-state index in [0.717, 1.165) is 10.8 Å². The highest BCUT2D eigenvalue weighted by Crippen LogP contribution is 2.30. The average molecular weight is 250 g/mol. The number of allylic oxidation sites excluding steroid dienone is 1. The fraction of sp³-hybridized carbons (Fsp3) is 0.118. The van der Waals surface area contributed by atoms with Crippen molar-refractivity contribution < 1.29 is 9.90 Å². The maximum Gasteiger partial charge on any atom is 0.326 e. The Morgan fingerprint density at radius 2 is 2.00 bits per heavy atom. The minimum absolute atomic E-state index is 0.206. The zero-order valence-corrected chi connectivity index (χ0v) is 10.5. The molecule has 2 nitrogen and oxygen atoms in total. The van der Waals surface area contributed by atoms with Gasteiger partial charge in [-0.25, -0.2) is 0 Å². The van der Waals surface area contributed by atoms with E-state index < -0.39 is 11.4 Å². The number of rotatable bonds is 4. The van der Waals surface area contributed by atoms with Gasteiger partial charge in [-0.3, -0.25) is 4.79 Å². The third kappa shape index (κ3) is 2.11. The van der Waals surface area contributed by atoms with Crippen LogP contribution < -0.4 is 0 Å². The van der Waals surface area contributed by atoms with Gasteiger partial charge in [0.15, 0.2) is 5.41 Å². The Kier molecular flexibility index (Phi) is 3.39. The molecule has 0 aliphatic heterocycles. The minimum atomic E-state index is -1.34. The summed E-state index contributed by atoms with van der Waals surface area (Å²) in [7, 11) is 0. The average Bonchev–Trinajstić information content (AvgIpc) is 2.44. The van der Waals surface area contributed by atoms with Gasteiger partial charge in [-0.1, -0.05) is 48.4 Å². The number of hydrogen-bond donors (Lipinski definition) is 1. The highest BCUT2D eigenvalue weighted by Gasteiger charge is 2.37. The van der Waals surface area contributed by atoms with E-state index in [-0.39, 0.29) is 6.42 Å². The van der Waals surface area contributed by atoms with Crippen LogP contribution in [-0.2, 0) is 10.2 Å². The van der Waals surface area contributed by atoms with Gasteiger partial charge in [-0.15, -0.1) is 13.0 Å². The Morgan fingerprint density at radius 3 is 2.58 bits per heavy atom. The zero-order chi connectivity index (χ0) is 13.9. The Morgan fingerprint density at radius 1 is 1.32 bits per heavy atom. The van der Waals surface area contributed by atoms with Crippen LogP contribution in [-0.4, -0.2) is 11.1 Å². The molecule has 2 aromatic carbocycles. The van der Waals surface area contributed by atoms with Crippen molar-refractivity contribution in [3.05, 3.63) is 60.7 Å². The molecular formula is C17H14O2. The highest BCUT2D eigenvalue weighted by atomic mass is 16.4. The van der Waals surface area contributed by atoms with E-state index in [1.807, 2.05) is 36.4 Å². The van der Waals surface area contributed by atoms with Gasteiger partial charge >= 0.3 is 5.97 Å².